The Labute approximate surface area is 170 Å². The molecule has 1 amide bonds. The molecule has 0 saturated carbocycles. The van der Waals surface area contributed by atoms with Crippen molar-refractivity contribution in [3.05, 3.63) is 23.9 Å². The number of carbonyl (C=O) groups is 1. The molecule has 0 aliphatic carbocycles. The summed E-state index contributed by atoms with van der Waals surface area (Å²) in [5.74, 6) is -0.405. The van der Waals surface area contributed by atoms with Crippen LogP contribution < -0.4 is 10.2 Å². The molecule has 2 aliphatic heterocycles. The van der Waals surface area contributed by atoms with E-state index in [0.29, 0.717) is 19.4 Å². The number of amides is 1. The van der Waals surface area contributed by atoms with Crippen molar-refractivity contribution in [3.63, 3.8) is 0 Å². The Morgan fingerprint density at radius 3 is 2.69 bits per heavy atom. The first-order valence-corrected chi connectivity index (χ1v) is 10.7. The van der Waals surface area contributed by atoms with Gasteiger partial charge in [0.05, 0.1) is 11.5 Å². The van der Waals surface area contributed by atoms with Gasteiger partial charge in [-0.2, -0.15) is 13.2 Å². The van der Waals surface area contributed by atoms with Crippen LogP contribution in [0.2, 0.25) is 0 Å². The first-order valence-electron chi connectivity index (χ1n) is 10.7. The molecule has 2 saturated heterocycles. The monoisotopic (exact) mass is 412 g/mol. The number of nitrogens with one attached hydrogen (secondary N) is 1. The SMILES string of the molecule is CCCCN1CCC(NC(=O)[C@@H]2CCCN(c3ncccc3C(F)(F)F)C2)CC1. The summed E-state index contributed by atoms with van der Waals surface area (Å²) in [6.07, 6.45) is 2.55. The summed E-state index contributed by atoms with van der Waals surface area (Å²) in [6.45, 7) is 6.04. The molecule has 2 fully saturated rings. The van der Waals surface area contributed by atoms with Gasteiger partial charge in [-0.05, 0) is 50.8 Å². The number of pyridine rings is 1. The summed E-state index contributed by atoms with van der Waals surface area (Å²) in [5.41, 5.74) is -0.736. The third kappa shape index (κ3) is 5.84. The van der Waals surface area contributed by atoms with Gasteiger partial charge in [-0.3, -0.25) is 4.79 Å². The molecule has 1 aromatic heterocycles. The summed E-state index contributed by atoms with van der Waals surface area (Å²) in [7, 11) is 0. The van der Waals surface area contributed by atoms with Crippen molar-refractivity contribution in [2.45, 2.75) is 57.7 Å². The second-order valence-electron chi connectivity index (χ2n) is 8.14. The lowest BCUT2D eigenvalue weighted by atomic mass is 9.95. The average Bonchev–Trinajstić information content (AvgIpc) is 2.73. The highest BCUT2D eigenvalue weighted by Gasteiger charge is 2.37. The molecular weight excluding hydrogens is 381 g/mol. The van der Waals surface area contributed by atoms with Crippen LogP contribution >= 0.6 is 0 Å². The first kappa shape index (κ1) is 21.9. The highest BCUT2D eigenvalue weighted by Crippen LogP contribution is 2.36. The Morgan fingerprint density at radius 2 is 2.00 bits per heavy atom. The average molecular weight is 413 g/mol. The second-order valence-corrected chi connectivity index (χ2v) is 8.14. The van der Waals surface area contributed by atoms with Crippen LogP contribution in [0.1, 0.15) is 51.0 Å². The molecule has 3 rings (SSSR count). The van der Waals surface area contributed by atoms with Crippen molar-refractivity contribution < 1.29 is 18.0 Å². The Kier molecular flexibility index (Phi) is 7.38. The molecule has 0 bridgehead atoms. The summed E-state index contributed by atoms with van der Waals surface area (Å²) in [5, 5.41) is 3.15. The van der Waals surface area contributed by atoms with E-state index in [1.54, 1.807) is 4.90 Å². The van der Waals surface area contributed by atoms with E-state index in [4.69, 9.17) is 0 Å². The number of alkyl halides is 3. The standard InChI is InChI=1S/C21H31F3N4O/c1-2-3-11-27-13-8-17(9-14-27)26-20(29)16-6-5-12-28(15-16)19-18(21(22,23)24)7-4-10-25-19/h4,7,10,16-17H,2-3,5-6,8-9,11-15H2,1H3,(H,26,29)/t16-/m1/s1. The minimum Gasteiger partial charge on any atom is -0.355 e. The van der Waals surface area contributed by atoms with Crippen molar-refractivity contribution in [1.82, 2.24) is 15.2 Å². The molecule has 1 aromatic rings. The molecule has 0 unspecified atom stereocenters. The zero-order valence-corrected chi connectivity index (χ0v) is 17.0. The van der Waals surface area contributed by atoms with Gasteiger partial charge < -0.3 is 15.1 Å². The molecule has 2 aliphatic rings. The second kappa shape index (κ2) is 9.78. The van der Waals surface area contributed by atoms with Gasteiger partial charge in [0.15, 0.2) is 0 Å². The number of hydrogen-bond donors (Lipinski definition) is 1. The van der Waals surface area contributed by atoms with Gasteiger partial charge in [0.1, 0.15) is 5.82 Å². The summed E-state index contributed by atoms with van der Waals surface area (Å²) in [6, 6.07) is 2.52. The number of halogens is 3. The van der Waals surface area contributed by atoms with Gasteiger partial charge in [-0.25, -0.2) is 4.98 Å². The van der Waals surface area contributed by atoms with Crippen LogP contribution in [-0.4, -0.2) is 54.6 Å². The lowest BCUT2D eigenvalue weighted by Crippen LogP contribution is -2.49. The Morgan fingerprint density at radius 1 is 1.24 bits per heavy atom. The summed E-state index contributed by atoms with van der Waals surface area (Å²) >= 11 is 0. The zero-order chi connectivity index (χ0) is 20.9. The molecule has 3 heterocycles. The fourth-order valence-electron chi connectivity index (χ4n) is 4.26. The minimum absolute atomic E-state index is 0.0359. The van der Waals surface area contributed by atoms with E-state index >= 15 is 0 Å². The van der Waals surface area contributed by atoms with Crippen molar-refractivity contribution in [1.29, 1.82) is 0 Å². The van der Waals surface area contributed by atoms with Crippen molar-refractivity contribution in [3.8, 4) is 0 Å². The van der Waals surface area contributed by atoms with Crippen molar-refractivity contribution in [2.24, 2.45) is 5.92 Å². The number of nitrogens with zero attached hydrogens (tertiary/aromatic N) is 3. The largest absolute Gasteiger partial charge is 0.419 e. The molecule has 1 N–H and O–H groups in total. The molecular formula is C21H31F3N4O. The summed E-state index contributed by atoms with van der Waals surface area (Å²) < 4.78 is 40.0. The Bertz CT molecular complexity index is 674. The smallest absolute Gasteiger partial charge is 0.355 e. The van der Waals surface area contributed by atoms with Crippen LogP contribution in [0.4, 0.5) is 19.0 Å². The maximum absolute atomic E-state index is 13.3. The van der Waals surface area contributed by atoms with Crippen LogP contribution in [0, 0.1) is 5.92 Å². The Balaban J connectivity index is 1.56. The predicted octanol–water partition coefficient (Wildman–Crippen LogP) is 3.70. The van der Waals surface area contributed by atoms with Gasteiger partial charge in [0.2, 0.25) is 5.91 Å². The molecule has 1 atom stereocenters. The normalized spacial score (nSPS) is 21.9. The van der Waals surface area contributed by atoms with E-state index in [1.807, 2.05) is 0 Å². The lowest BCUT2D eigenvalue weighted by Gasteiger charge is -2.36. The number of unbranched alkanes of at least 4 members (excludes halogenated alkanes) is 1. The first-order chi connectivity index (χ1) is 13.9. The van der Waals surface area contributed by atoms with Crippen LogP contribution in [0.3, 0.4) is 0 Å². The van der Waals surface area contributed by atoms with Crippen LogP contribution in [-0.2, 0) is 11.0 Å². The maximum Gasteiger partial charge on any atom is 0.419 e. The van der Waals surface area contributed by atoms with Crippen LogP contribution in [0.5, 0.6) is 0 Å². The molecule has 162 valence electrons. The van der Waals surface area contributed by atoms with Crippen LogP contribution in [0.25, 0.3) is 0 Å². The van der Waals surface area contributed by atoms with Gasteiger partial charge in [-0.1, -0.05) is 13.3 Å². The van der Waals surface area contributed by atoms with Crippen molar-refractivity contribution >= 4 is 11.7 Å². The highest BCUT2D eigenvalue weighted by molar-refractivity contribution is 5.80. The molecule has 0 spiro atoms. The third-order valence-electron chi connectivity index (χ3n) is 5.95. The number of aromatic nitrogens is 1. The number of anilines is 1. The van der Waals surface area contributed by atoms with Gasteiger partial charge in [-0.15, -0.1) is 0 Å². The van der Waals surface area contributed by atoms with E-state index in [-0.39, 0.29) is 30.2 Å². The van der Waals surface area contributed by atoms with Gasteiger partial charge in [0, 0.05) is 38.4 Å². The van der Waals surface area contributed by atoms with E-state index in [0.717, 1.165) is 38.5 Å². The molecule has 0 aromatic carbocycles. The van der Waals surface area contributed by atoms with Crippen molar-refractivity contribution in [2.75, 3.05) is 37.6 Å². The van der Waals surface area contributed by atoms with E-state index in [2.05, 4.69) is 22.1 Å². The van der Waals surface area contributed by atoms with Gasteiger partial charge >= 0.3 is 6.18 Å². The quantitative estimate of drug-likeness (QED) is 0.774. The predicted molar refractivity (Wildman–Crippen MR) is 107 cm³/mol. The molecule has 8 heteroatoms. The van der Waals surface area contributed by atoms with Gasteiger partial charge in [0.25, 0.3) is 0 Å². The minimum atomic E-state index is -4.45. The van der Waals surface area contributed by atoms with E-state index in [9.17, 15) is 18.0 Å². The van der Waals surface area contributed by atoms with E-state index in [1.165, 1.54) is 25.1 Å². The van der Waals surface area contributed by atoms with E-state index < -0.39 is 11.7 Å². The number of hydrogen-bond acceptors (Lipinski definition) is 4. The molecule has 0 radical (unpaired) electrons. The number of piperidine rings is 2. The lowest BCUT2D eigenvalue weighted by molar-refractivity contribution is -0.137. The summed E-state index contributed by atoms with van der Waals surface area (Å²) in [4.78, 5) is 20.8. The number of likely N-dealkylation sites (tertiary alicyclic amines) is 1. The fourth-order valence-corrected chi connectivity index (χ4v) is 4.26. The highest BCUT2D eigenvalue weighted by atomic mass is 19.4. The van der Waals surface area contributed by atoms with Crippen LogP contribution in [0.15, 0.2) is 18.3 Å². The topological polar surface area (TPSA) is 48.5 Å². The maximum atomic E-state index is 13.3. The third-order valence-corrected chi connectivity index (χ3v) is 5.95. The molecule has 29 heavy (non-hydrogen) atoms. The number of carbonyl (C=O) groups excluding carboxylic acids is 1. The molecule has 5 nitrogen and oxygen atoms in total. The fraction of sp³-hybridized carbons (Fsp3) is 0.714. The Hall–Kier alpha value is -1.83. The number of rotatable bonds is 6. The zero-order valence-electron chi connectivity index (χ0n) is 17.0.